The molecule has 1 fully saturated rings. The number of aromatic hydroxyl groups is 1. The number of anilines is 2. The fourth-order valence-electron chi connectivity index (χ4n) is 3.91. The third-order valence-corrected chi connectivity index (χ3v) is 6.39. The maximum atomic E-state index is 12.5. The first kappa shape index (κ1) is 23.0. The van der Waals surface area contributed by atoms with Crippen molar-refractivity contribution in [2.24, 2.45) is 5.92 Å². The number of hydrogen-bond acceptors (Lipinski definition) is 9. The molecule has 1 aliphatic carbocycles. The lowest BCUT2D eigenvalue weighted by atomic mass is 9.89. The Morgan fingerprint density at radius 3 is 2.73 bits per heavy atom. The van der Waals surface area contributed by atoms with Gasteiger partial charge in [0.25, 0.3) is 5.19 Å². The first-order valence-electron chi connectivity index (χ1n) is 11.2. The molecule has 33 heavy (non-hydrogen) atoms. The largest absolute Gasteiger partial charge is 0.492 e. The summed E-state index contributed by atoms with van der Waals surface area (Å²) in [6.07, 6.45) is 6.53. The minimum atomic E-state index is -0.270. The molecule has 2 N–H and O–H groups in total. The molecule has 174 valence electrons. The van der Waals surface area contributed by atoms with Gasteiger partial charge in [-0.2, -0.15) is 9.97 Å². The molecule has 2 heterocycles. The van der Waals surface area contributed by atoms with Gasteiger partial charge in [-0.3, -0.25) is 4.79 Å². The van der Waals surface area contributed by atoms with E-state index in [9.17, 15) is 9.90 Å². The highest BCUT2D eigenvalue weighted by molar-refractivity contribution is 7.17. The van der Waals surface area contributed by atoms with E-state index < -0.39 is 0 Å². The summed E-state index contributed by atoms with van der Waals surface area (Å²) < 4.78 is 11.2. The molecule has 1 aromatic carbocycles. The van der Waals surface area contributed by atoms with Crippen molar-refractivity contribution in [2.45, 2.75) is 59.0 Å². The van der Waals surface area contributed by atoms with Crippen LogP contribution in [-0.4, -0.2) is 32.1 Å². The summed E-state index contributed by atoms with van der Waals surface area (Å²) >= 11 is 1.15. The Morgan fingerprint density at radius 2 is 1.97 bits per heavy atom. The molecule has 0 atom stereocenters. The Hall–Kier alpha value is -3.20. The van der Waals surface area contributed by atoms with Gasteiger partial charge in [0.2, 0.25) is 17.7 Å². The Kier molecular flexibility index (Phi) is 7.08. The van der Waals surface area contributed by atoms with E-state index in [2.05, 4.69) is 20.3 Å². The smallest absolute Gasteiger partial charge is 0.316 e. The summed E-state index contributed by atoms with van der Waals surface area (Å²) in [5, 5.41) is 14.0. The van der Waals surface area contributed by atoms with E-state index in [-0.39, 0.29) is 29.1 Å². The molecule has 1 aliphatic rings. The highest BCUT2D eigenvalue weighted by Crippen LogP contribution is 2.44. The maximum Gasteiger partial charge on any atom is 0.316 e. The zero-order valence-corrected chi connectivity index (χ0v) is 19.8. The van der Waals surface area contributed by atoms with Crippen molar-refractivity contribution >= 4 is 28.9 Å². The van der Waals surface area contributed by atoms with Crippen molar-refractivity contribution in [1.29, 1.82) is 0 Å². The van der Waals surface area contributed by atoms with Gasteiger partial charge in [0.15, 0.2) is 0 Å². The van der Waals surface area contributed by atoms with Crippen LogP contribution in [-0.2, 0) is 4.79 Å². The van der Waals surface area contributed by atoms with Crippen LogP contribution in [0.25, 0.3) is 10.4 Å². The van der Waals surface area contributed by atoms with E-state index in [1.807, 2.05) is 39.0 Å². The number of nitrogens with zero attached hydrogens (tertiary/aromatic N) is 3. The molecule has 1 saturated carbocycles. The number of thiazole rings is 1. The number of ether oxygens (including phenoxy) is 2. The summed E-state index contributed by atoms with van der Waals surface area (Å²) in [5.74, 6) is 0.290. The van der Waals surface area contributed by atoms with Crippen LogP contribution in [0.3, 0.4) is 0 Å². The van der Waals surface area contributed by atoms with Crippen LogP contribution >= 0.6 is 11.3 Å². The fraction of sp³-hybridized carbons (Fsp3) is 0.417. The molecule has 0 unspecified atom stereocenters. The number of aryl methyl sites for hydroxylation is 1. The van der Waals surface area contributed by atoms with Gasteiger partial charge >= 0.3 is 5.97 Å². The number of carbonyl (C=O) groups is 1. The van der Waals surface area contributed by atoms with E-state index >= 15 is 0 Å². The number of benzene rings is 1. The predicted octanol–water partition coefficient (Wildman–Crippen LogP) is 5.63. The van der Waals surface area contributed by atoms with Crippen molar-refractivity contribution in [2.75, 3.05) is 5.32 Å². The number of nitrogens with one attached hydrogen (secondary N) is 1. The van der Waals surface area contributed by atoms with Crippen molar-refractivity contribution in [3.05, 3.63) is 36.0 Å². The summed E-state index contributed by atoms with van der Waals surface area (Å²) in [7, 11) is 0. The van der Waals surface area contributed by atoms with Gasteiger partial charge in [0.1, 0.15) is 4.88 Å². The molecule has 0 bridgehead atoms. The zero-order valence-electron chi connectivity index (χ0n) is 19.0. The standard InChI is InChI=1S/C24H28N4O4S/c1-14(2)31-18-12-13-25-23(27-18)26-17-11-7-8-15(3)19(17)20-21(29)28-24(33-20)32-22(30)16-9-5-4-6-10-16/h7-8,11-14,16,29H,4-6,9-10H2,1-3H3,(H,25,26,27). The molecule has 9 heteroatoms. The highest BCUT2D eigenvalue weighted by atomic mass is 32.1. The number of hydrogen-bond donors (Lipinski definition) is 2. The quantitative estimate of drug-likeness (QED) is 0.430. The first-order valence-corrected chi connectivity index (χ1v) is 12.0. The minimum absolute atomic E-state index is 0.00818. The topological polar surface area (TPSA) is 106 Å². The summed E-state index contributed by atoms with van der Waals surface area (Å²) in [6.45, 7) is 5.80. The van der Waals surface area contributed by atoms with Crippen molar-refractivity contribution in [3.63, 3.8) is 0 Å². The van der Waals surface area contributed by atoms with Gasteiger partial charge in [0, 0.05) is 17.8 Å². The second kappa shape index (κ2) is 10.2. The third kappa shape index (κ3) is 5.60. The van der Waals surface area contributed by atoms with Crippen LogP contribution in [0.15, 0.2) is 30.5 Å². The predicted molar refractivity (Wildman–Crippen MR) is 127 cm³/mol. The van der Waals surface area contributed by atoms with E-state index in [1.165, 1.54) is 0 Å². The lowest BCUT2D eigenvalue weighted by Gasteiger charge is -2.18. The van der Waals surface area contributed by atoms with Crippen LogP contribution < -0.4 is 14.8 Å². The Bertz CT molecular complexity index is 1130. The minimum Gasteiger partial charge on any atom is -0.492 e. The van der Waals surface area contributed by atoms with Crippen molar-refractivity contribution in [1.82, 2.24) is 15.0 Å². The van der Waals surface area contributed by atoms with Gasteiger partial charge in [-0.15, -0.1) is 0 Å². The first-order chi connectivity index (χ1) is 15.9. The SMILES string of the molecule is Cc1cccc(Nc2nccc(OC(C)C)n2)c1-c1sc(OC(=O)C2CCCCC2)nc1O. The van der Waals surface area contributed by atoms with Crippen molar-refractivity contribution in [3.8, 4) is 27.4 Å². The number of esters is 1. The van der Waals surface area contributed by atoms with Crippen LogP contribution in [0.2, 0.25) is 0 Å². The normalized spacial score (nSPS) is 14.3. The summed E-state index contributed by atoms with van der Waals surface area (Å²) in [5.41, 5.74) is 2.35. The Balaban J connectivity index is 1.59. The lowest BCUT2D eigenvalue weighted by Crippen LogP contribution is -2.22. The molecule has 0 aliphatic heterocycles. The molecular formula is C24H28N4O4S. The van der Waals surface area contributed by atoms with Gasteiger partial charge in [-0.1, -0.05) is 42.7 Å². The number of aromatic nitrogens is 3. The van der Waals surface area contributed by atoms with Crippen LogP contribution in [0.5, 0.6) is 17.0 Å². The maximum absolute atomic E-state index is 12.5. The monoisotopic (exact) mass is 468 g/mol. The second-order valence-corrected chi connectivity index (χ2v) is 9.36. The molecule has 4 rings (SSSR count). The molecule has 8 nitrogen and oxygen atoms in total. The van der Waals surface area contributed by atoms with Crippen molar-refractivity contribution < 1.29 is 19.4 Å². The number of rotatable bonds is 7. The van der Waals surface area contributed by atoms with Gasteiger partial charge in [-0.25, -0.2) is 4.98 Å². The van der Waals surface area contributed by atoms with Crippen LogP contribution in [0.1, 0.15) is 51.5 Å². The molecule has 3 aromatic rings. The Morgan fingerprint density at radius 1 is 1.18 bits per heavy atom. The van der Waals surface area contributed by atoms with E-state index in [4.69, 9.17) is 9.47 Å². The van der Waals surface area contributed by atoms with Gasteiger partial charge in [-0.05, 0) is 45.2 Å². The summed E-state index contributed by atoms with van der Waals surface area (Å²) in [6, 6.07) is 7.41. The van der Waals surface area contributed by atoms with E-state index in [1.54, 1.807) is 12.3 Å². The fourth-order valence-corrected chi connectivity index (χ4v) is 4.85. The third-order valence-electron chi connectivity index (χ3n) is 5.45. The summed E-state index contributed by atoms with van der Waals surface area (Å²) in [4.78, 5) is 25.8. The van der Waals surface area contributed by atoms with Crippen LogP contribution in [0, 0.1) is 12.8 Å². The lowest BCUT2D eigenvalue weighted by molar-refractivity contribution is -0.139. The molecule has 0 radical (unpaired) electrons. The van der Waals surface area contributed by atoms with Gasteiger partial charge in [0.05, 0.1) is 17.7 Å². The van der Waals surface area contributed by atoms with Crippen LogP contribution in [0.4, 0.5) is 11.6 Å². The van der Waals surface area contributed by atoms with E-state index in [0.717, 1.165) is 54.6 Å². The second-order valence-electron chi connectivity index (χ2n) is 8.40. The molecule has 0 saturated heterocycles. The molecule has 2 aromatic heterocycles. The average Bonchev–Trinajstić information content (AvgIpc) is 3.13. The zero-order chi connectivity index (χ0) is 23.4. The molecule has 0 spiro atoms. The van der Waals surface area contributed by atoms with Gasteiger partial charge < -0.3 is 19.9 Å². The molecule has 0 amide bonds. The average molecular weight is 469 g/mol. The number of carbonyl (C=O) groups excluding carboxylic acids is 1. The highest BCUT2D eigenvalue weighted by Gasteiger charge is 2.26. The molecular weight excluding hydrogens is 440 g/mol. The Labute approximate surface area is 197 Å². The van der Waals surface area contributed by atoms with E-state index in [0.29, 0.717) is 22.4 Å².